The molecule has 3 rings (SSSR count). The van der Waals surface area contributed by atoms with Gasteiger partial charge in [-0.15, -0.1) is 0 Å². The van der Waals surface area contributed by atoms with Gasteiger partial charge in [-0.3, -0.25) is 4.79 Å². The number of amides is 1. The van der Waals surface area contributed by atoms with Crippen molar-refractivity contribution in [3.63, 3.8) is 0 Å². The quantitative estimate of drug-likeness (QED) is 0.754. The number of likely N-dealkylation sites (tertiary alicyclic amines) is 1. The van der Waals surface area contributed by atoms with Crippen LogP contribution in [0.3, 0.4) is 0 Å². The Morgan fingerprint density at radius 2 is 1.88 bits per heavy atom. The van der Waals surface area contributed by atoms with E-state index in [0.717, 1.165) is 25.7 Å². The fraction of sp³-hybridized carbons (Fsp3) is 0.636. The van der Waals surface area contributed by atoms with Crippen molar-refractivity contribution >= 4 is 11.9 Å². The summed E-state index contributed by atoms with van der Waals surface area (Å²) in [6.07, 6.45) is 4.90. The number of ether oxygens (including phenoxy) is 1. The van der Waals surface area contributed by atoms with Crippen LogP contribution in [0, 0.1) is 5.92 Å². The first-order chi connectivity index (χ1) is 12.3. The Morgan fingerprint density at radius 3 is 2.54 bits per heavy atom. The van der Waals surface area contributed by atoms with E-state index in [1.165, 1.54) is 5.56 Å². The molecule has 2 aliphatic rings. The van der Waals surface area contributed by atoms with Crippen molar-refractivity contribution in [1.82, 2.24) is 4.90 Å². The highest BCUT2D eigenvalue weighted by Crippen LogP contribution is 2.39. The molecule has 1 amide bonds. The monoisotopic (exact) mass is 357 g/mol. The third-order valence-electron chi connectivity index (χ3n) is 5.61. The van der Waals surface area contributed by atoms with Crippen molar-refractivity contribution in [3.05, 3.63) is 35.9 Å². The molecule has 0 bridgehead atoms. The second-order valence-corrected chi connectivity index (χ2v) is 8.77. The highest BCUT2D eigenvalue weighted by molar-refractivity contribution is 5.79. The molecule has 1 aliphatic carbocycles. The van der Waals surface area contributed by atoms with Gasteiger partial charge in [-0.2, -0.15) is 0 Å². The van der Waals surface area contributed by atoms with Gasteiger partial charge in [-0.05, 0) is 63.9 Å². The van der Waals surface area contributed by atoms with Gasteiger partial charge in [0, 0.05) is 25.4 Å². The van der Waals surface area contributed by atoms with Gasteiger partial charge in [0.15, 0.2) is 0 Å². The normalized spacial score (nSPS) is 27.3. The third-order valence-corrected chi connectivity index (χ3v) is 5.61. The van der Waals surface area contributed by atoms with Gasteiger partial charge in [0.05, 0.1) is 0 Å². The summed E-state index contributed by atoms with van der Waals surface area (Å²) >= 11 is 0. The van der Waals surface area contributed by atoms with Gasteiger partial charge in [0.25, 0.3) is 0 Å². The molecule has 0 radical (unpaired) electrons. The number of Topliss-reactive ketones (excluding diaryl/α,β-unsaturated/α-hetero) is 1. The van der Waals surface area contributed by atoms with E-state index in [-0.39, 0.29) is 18.1 Å². The van der Waals surface area contributed by atoms with Gasteiger partial charge in [-0.25, -0.2) is 4.79 Å². The lowest BCUT2D eigenvalue weighted by molar-refractivity contribution is -0.122. The van der Waals surface area contributed by atoms with Crippen LogP contribution in [-0.4, -0.2) is 35.0 Å². The number of ketones is 1. The van der Waals surface area contributed by atoms with E-state index in [9.17, 15) is 9.59 Å². The molecule has 0 N–H and O–H groups in total. The summed E-state index contributed by atoms with van der Waals surface area (Å²) in [5, 5.41) is 0. The average molecular weight is 357 g/mol. The zero-order valence-corrected chi connectivity index (χ0v) is 16.2. The maximum absolute atomic E-state index is 12.8. The van der Waals surface area contributed by atoms with Crippen LogP contribution in [0.15, 0.2) is 30.3 Å². The second-order valence-electron chi connectivity index (χ2n) is 8.77. The summed E-state index contributed by atoms with van der Waals surface area (Å²) in [7, 11) is 0. The zero-order valence-electron chi connectivity index (χ0n) is 16.2. The Bertz CT molecular complexity index is 635. The molecule has 0 spiro atoms. The summed E-state index contributed by atoms with van der Waals surface area (Å²) in [5.41, 5.74) is 0.837. The van der Waals surface area contributed by atoms with Crippen LogP contribution in [0.1, 0.15) is 70.8 Å². The molecule has 1 heterocycles. The molecule has 1 saturated heterocycles. The Hall–Kier alpha value is -1.84. The molecule has 4 heteroatoms. The zero-order chi connectivity index (χ0) is 18.7. The van der Waals surface area contributed by atoms with E-state index in [4.69, 9.17) is 4.74 Å². The lowest BCUT2D eigenvalue weighted by Gasteiger charge is -2.44. The van der Waals surface area contributed by atoms with Crippen LogP contribution in [0.25, 0.3) is 0 Å². The van der Waals surface area contributed by atoms with E-state index in [2.05, 4.69) is 24.3 Å². The molecule has 1 aliphatic heterocycles. The van der Waals surface area contributed by atoms with Gasteiger partial charge >= 0.3 is 6.09 Å². The molecule has 0 aromatic heterocycles. The van der Waals surface area contributed by atoms with Crippen molar-refractivity contribution in [3.8, 4) is 0 Å². The first-order valence-electron chi connectivity index (χ1n) is 9.90. The summed E-state index contributed by atoms with van der Waals surface area (Å²) < 4.78 is 5.67. The van der Waals surface area contributed by atoms with E-state index in [0.29, 0.717) is 31.1 Å². The van der Waals surface area contributed by atoms with Crippen LogP contribution < -0.4 is 0 Å². The van der Waals surface area contributed by atoms with E-state index in [1.54, 1.807) is 0 Å². The predicted molar refractivity (Wildman–Crippen MR) is 102 cm³/mol. The van der Waals surface area contributed by atoms with E-state index < -0.39 is 5.60 Å². The highest BCUT2D eigenvalue weighted by atomic mass is 16.6. The van der Waals surface area contributed by atoms with Crippen molar-refractivity contribution in [1.29, 1.82) is 0 Å². The van der Waals surface area contributed by atoms with Gasteiger partial charge < -0.3 is 9.64 Å². The smallest absolute Gasteiger partial charge is 0.410 e. The summed E-state index contributed by atoms with van der Waals surface area (Å²) in [6, 6.07) is 10.6. The molecule has 3 unspecified atom stereocenters. The topological polar surface area (TPSA) is 46.6 Å². The molecule has 1 aromatic carbocycles. The Kier molecular flexibility index (Phi) is 5.69. The number of hydrogen-bond donors (Lipinski definition) is 0. The standard InChI is InChI=1S/C22H31NO3/c1-22(2,3)26-21(25)23-13-12-17(16-8-5-4-6-9-16)15-20(23)18-10-7-11-19(24)14-18/h4-6,8-9,17-18,20H,7,10-15H2,1-3H3. The highest BCUT2D eigenvalue weighted by Gasteiger charge is 2.40. The number of rotatable bonds is 2. The Balaban J connectivity index is 1.80. The van der Waals surface area contributed by atoms with Crippen LogP contribution >= 0.6 is 0 Å². The first kappa shape index (κ1) is 18.9. The van der Waals surface area contributed by atoms with Crippen LogP contribution in [0.2, 0.25) is 0 Å². The number of carbonyl (C=O) groups excluding carboxylic acids is 2. The molecule has 3 atom stereocenters. The third kappa shape index (κ3) is 4.66. The van der Waals surface area contributed by atoms with Gasteiger partial charge in [0.1, 0.15) is 11.4 Å². The fourth-order valence-electron chi connectivity index (χ4n) is 4.41. The predicted octanol–water partition coefficient (Wildman–Crippen LogP) is 4.93. The molecular formula is C22H31NO3. The molecule has 4 nitrogen and oxygen atoms in total. The van der Waals surface area contributed by atoms with Gasteiger partial charge in [-0.1, -0.05) is 30.3 Å². The number of nitrogens with zero attached hydrogens (tertiary/aromatic N) is 1. The van der Waals surface area contributed by atoms with Crippen molar-refractivity contribution < 1.29 is 14.3 Å². The largest absolute Gasteiger partial charge is 0.444 e. The molecule has 1 saturated carbocycles. The number of benzene rings is 1. The first-order valence-corrected chi connectivity index (χ1v) is 9.90. The number of carbonyl (C=O) groups is 2. The van der Waals surface area contributed by atoms with Crippen molar-refractivity contribution in [2.45, 2.75) is 76.9 Å². The Labute approximate surface area is 156 Å². The molecule has 26 heavy (non-hydrogen) atoms. The van der Waals surface area contributed by atoms with Crippen LogP contribution in [-0.2, 0) is 9.53 Å². The summed E-state index contributed by atoms with van der Waals surface area (Å²) in [5.74, 6) is 1.04. The number of hydrogen-bond acceptors (Lipinski definition) is 3. The Morgan fingerprint density at radius 1 is 1.15 bits per heavy atom. The van der Waals surface area contributed by atoms with E-state index >= 15 is 0 Å². The lowest BCUT2D eigenvalue weighted by Crippen LogP contribution is -2.51. The molecular weight excluding hydrogens is 326 g/mol. The maximum atomic E-state index is 12.8. The van der Waals surface area contributed by atoms with Crippen LogP contribution in [0.4, 0.5) is 4.79 Å². The minimum Gasteiger partial charge on any atom is -0.444 e. The molecule has 142 valence electrons. The summed E-state index contributed by atoms with van der Waals surface area (Å²) in [4.78, 5) is 26.8. The van der Waals surface area contributed by atoms with E-state index in [1.807, 2.05) is 31.7 Å². The fourth-order valence-corrected chi connectivity index (χ4v) is 4.41. The molecule has 2 fully saturated rings. The van der Waals surface area contributed by atoms with Crippen molar-refractivity contribution in [2.24, 2.45) is 5.92 Å². The van der Waals surface area contributed by atoms with Gasteiger partial charge in [0.2, 0.25) is 0 Å². The number of piperidine rings is 1. The summed E-state index contributed by atoms with van der Waals surface area (Å²) in [6.45, 7) is 6.41. The maximum Gasteiger partial charge on any atom is 0.410 e. The van der Waals surface area contributed by atoms with Crippen LogP contribution in [0.5, 0.6) is 0 Å². The van der Waals surface area contributed by atoms with Crippen molar-refractivity contribution in [2.75, 3.05) is 6.54 Å². The minimum atomic E-state index is -0.500. The minimum absolute atomic E-state index is 0.0908. The average Bonchev–Trinajstić information content (AvgIpc) is 2.60. The SMILES string of the molecule is CC(C)(C)OC(=O)N1CCC(c2ccccc2)CC1C1CCCC(=O)C1. The lowest BCUT2D eigenvalue weighted by atomic mass is 9.75. The molecule has 1 aromatic rings. The second kappa shape index (κ2) is 7.81.